The van der Waals surface area contributed by atoms with Crippen molar-refractivity contribution in [2.24, 2.45) is 0 Å². The topological polar surface area (TPSA) is 55.8 Å². The molecule has 1 atom stereocenters. The first-order valence-electron chi connectivity index (χ1n) is 9.46. The maximum Gasteiger partial charge on any atom is 0.340 e. The highest BCUT2D eigenvalue weighted by atomic mass is 16.6. The lowest BCUT2D eigenvalue weighted by atomic mass is 9.74. The third-order valence-corrected chi connectivity index (χ3v) is 5.83. The van der Waals surface area contributed by atoms with E-state index in [2.05, 4.69) is 0 Å². The van der Waals surface area contributed by atoms with E-state index in [0.29, 0.717) is 22.6 Å². The molecular formula is C25H16O4. The van der Waals surface area contributed by atoms with Gasteiger partial charge in [-0.3, -0.25) is 0 Å². The van der Waals surface area contributed by atoms with Crippen molar-refractivity contribution in [2.45, 2.75) is 12.5 Å². The van der Waals surface area contributed by atoms with E-state index in [1.807, 2.05) is 55.5 Å². The van der Waals surface area contributed by atoms with Gasteiger partial charge in [0.1, 0.15) is 17.2 Å². The number of phenols is 1. The highest BCUT2D eigenvalue weighted by molar-refractivity contribution is 6.09. The molecule has 0 bridgehead atoms. The van der Waals surface area contributed by atoms with E-state index < -0.39 is 5.60 Å². The third-order valence-electron chi connectivity index (χ3n) is 5.83. The SMILES string of the molecule is Cc1ccc2c(c1)Oc1cc(O)ccc1C21OC(=O)c2cccc3cccc1c23. The van der Waals surface area contributed by atoms with Gasteiger partial charge >= 0.3 is 5.97 Å². The molecule has 4 heteroatoms. The third kappa shape index (κ3) is 2.00. The van der Waals surface area contributed by atoms with Gasteiger partial charge in [0.05, 0.1) is 5.56 Å². The monoisotopic (exact) mass is 380 g/mol. The number of aromatic hydroxyl groups is 1. The Balaban J connectivity index is 1.82. The smallest absolute Gasteiger partial charge is 0.340 e. The van der Waals surface area contributed by atoms with Crippen LogP contribution in [0, 0.1) is 6.92 Å². The highest BCUT2D eigenvalue weighted by Gasteiger charge is 2.51. The summed E-state index contributed by atoms with van der Waals surface area (Å²) in [5.74, 6) is 0.817. The zero-order chi connectivity index (χ0) is 19.8. The second-order valence-corrected chi connectivity index (χ2v) is 7.56. The van der Waals surface area contributed by atoms with Crippen LogP contribution in [0.25, 0.3) is 10.8 Å². The predicted octanol–water partition coefficient (Wildman–Crippen LogP) is 5.42. The summed E-state index contributed by atoms with van der Waals surface area (Å²) >= 11 is 0. The number of benzene rings is 4. The molecule has 0 saturated heterocycles. The number of aryl methyl sites for hydroxylation is 1. The Hall–Kier alpha value is -3.79. The summed E-state index contributed by atoms with van der Waals surface area (Å²) in [5.41, 5.74) is 2.81. The Kier molecular flexibility index (Phi) is 3.01. The average Bonchev–Trinajstić information content (AvgIpc) is 2.71. The first kappa shape index (κ1) is 16.2. The average molecular weight is 380 g/mol. The maximum absolute atomic E-state index is 13.2. The van der Waals surface area contributed by atoms with Crippen molar-refractivity contribution < 1.29 is 19.4 Å². The molecule has 4 aromatic carbocycles. The minimum atomic E-state index is -1.14. The molecular weight excluding hydrogens is 364 g/mol. The van der Waals surface area contributed by atoms with Crippen LogP contribution in [0.1, 0.15) is 32.6 Å². The molecule has 0 amide bonds. The van der Waals surface area contributed by atoms with Gasteiger partial charge in [-0.25, -0.2) is 4.79 Å². The Morgan fingerprint density at radius 2 is 1.55 bits per heavy atom. The fourth-order valence-electron chi connectivity index (χ4n) is 4.61. The lowest BCUT2D eigenvalue weighted by Crippen LogP contribution is -2.40. The number of fused-ring (bicyclic) bond motifs is 5. The second-order valence-electron chi connectivity index (χ2n) is 7.56. The van der Waals surface area contributed by atoms with Gasteiger partial charge < -0.3 is 14.6 Å². The van der Waals surface area contributed by atoms with E-state index in [1.165, 1.54) is 0 Å². The number of carbonyl (C=O) groups is 1. The predicted molar refractivity (Wildman–Crippen MR) is 109 cm³/mol. The van der Waals surface area contributed by atoms with Crippen molar-refractivity contribution >= 4 is 16.7 Å². The Morgan fingerprint density at radius 1 is 0.828 bits per heavy atom. The number of hydrogen-bond donors (Lipinski definition) is 1. The molecule has 0 radical (unpaired) electrons. The Labute approximate surface area is 166 Å². The minimum Gasteiger partial charge on any atom is -0.508 e. The lowest BCUT2D eigenvalue weighted by Gasteiger charge is -2.42. The van der Waals surface area contributed by atoms with Gasteiger partial charge in [-0.1, -0.05) is 42.5 Å². The quantitative estimate of drug-likeness (QED) is 0.414. The standard InChI is InChI=1S/C25H16O4/c1-14-8-10-18-21(12-14)28-22-13-16(26)9-11-19(22)25(18)20-7-3-5-15-4-2-6-17(23(15)20)24(27)29-25/h2-13,26H,1H3. The van der Waals surface area contributed by atoms with Crippen LogP contribution in [0.4, 0.5) is 0 Å². The number of ether oxygens (including phenoxy) is 2. The molecule has 4 aromatic rings. The molecule has 4 nitrogen and oxygen atoms in total. The summed E-state index contributed by atoms with van der Waals surface area (Å²) in [7, 11) is 0. The summed E-state index contributed by atoms with van der Waals surface area (Å²) < 4.78 is 12.4. The van der Waals surface area contributed by atoms with E-state index in [9.17, 15) is 9.90 Å². The van der Waals surface area contributed by atoms with Crippen LogP contribution >= 0.6 is 0 Å². The van der Waals surface area contributed by atoms with Gasteiger partial charge in [-0.2, -0.15) is 0 Å². The molecule has 140 valence electrons. The molecule has 0 fully saturated rings. The van der Waals surface area contributed by atoms with E-state index in [-0.39, 0.29) is 11.7 Å². The zero-order valence-electron chi connectivity index (χ0n) is 15.6. The molecule has 0 aromatic heterocycles. The van der Waals surface area contributed by atoms with Crippen molar-refractivity contribution in [3.8, 4) is 17.2 Å². The molecule has 6 rings (SSSR count). The van der Waals surface area contributed by atoms with Crippen molar-refractivity contribution in [3.05, 3.63) is 101 Å². The van der Waals surface area contributed by atoms with Crippen molar-refractivity contribution in [1.29, 1.82) is 0 Å². The Morgan fingerprint density at radius 3 is 2.38 bits per heavy atom. The Bertz CT molecular complexity index is 1300. The number of esters is 1. The summed E-state index contributed by atoms with van der Waals surface area (Å²) in [5, 5.41) is 11.9. The number of rotatable bonds is 0. The molecule has 1 spiro atoms. The molecule has 1 unspecified atom stereocenters. The van der Waals surface area contributed by atoms with Gasteiger partial charge in [0.25, 0.3) is 0 Å². The van der Waals surface area contributed by atoms with Crippen molar-refractivity contribution in [1.82, 2.24) is 0 Å². The lowest BCUT2D eigenvalue weighted by molar-refractivity contribution is 0.00958. The zero-order valence-corrected chi connectivity index (χ0v) is 15.6. The van der Waals surface area contributed by atoms with E-state index in [4.69, 9.17) is 9.47 Å². The first-order chi connectivity index (χ1) is 14.1. The van der Waals surface area contributed by atoms with E-state index in [1.54, 1.807) is 24.3 Å². The fourth-order valence-corrected chi connectivity index (χ4v) is 4.61. The summed E-state index contributed by atoms with van der Waals surface area (Å²) in [6.45, 7) is 1.98. The van der Waals surface area contributed by atoms with Gasteiger partial charge in [0.2, 0.25) is 0 Å². The molecule has 2 aliphatic heterocycles. The van der Waals surface area contributed by atoms with Gasteiger partial charge in [-0.05, 0) is 42.1 Å². The normalized spacial score (nSPS) is 18.7. The summed E-state index contributed by atoms with van der Waals surface area (Å²) in [4.78, 5) is 13.2. The number of hydrogen-bond acceptors (Lipinski definition) is 4. The molecule has 2 aliphatic rings. The fraction of sp³-hybridized carbons (Fsp3) is 0.0800. The maximum atomic E-state index is 13.2. The van der Waals surface area contributed by atoms with E-state index in [0.717, 1.165) is 27.5 Å². The molecule has 0 saturated carbocycles. The molecule has 0 aliphatic carbocycles. The van der Waals surface area contributed by atoms with Crippen LogP contribution in [0.3, 0.4) is 0 Å². The summed E-state index contributed by atoms with van der Waals surface area (Å²) in [6.07, 6.45) is 0. The van der Waals surface area contributed by atoms with Gasteiger partial charge in [0.15, 0.2) is 5.60 Å². The summed E-state index contributed by atoms with van der Waals surface area (Å²) in [6, 6.07) is 22.5. The van der Waals surface area contributed by atoms with Crippen LogP contribution in [0.15, 0.2) is 72.8 Å². The van der Waals surface area contributed by atoms with Gasteiger partial charge in [-0.15, -0.1) is 0 Å². The van der Waals surface area contributed by atoms with Crippen LogP contribution < -0.4 is 4.74 Å². The number of phenolic OH excluding ortho intramolecular Hbond substituents is 1. The van der Waals surface area contributed by atoms with Crippen LogP contribution in [-0.2, 0) is 10.3 Å². The van der Waals surface area contributed by atoms with Crippen LogP contribution in [0.5, 0.6) is 17.2 Å². The highest BCUT2D eigenvalue weighted by Crippen LogP contribution is 2.56. The van der Waals surface area contributed by atoms with Gasteiger partial charge in [0, 0.05) is 28.1 Å². The van der Waals surface area contributed by atoms with E-state index >= 15 is 0 Å². The minimum absolute atomic E-state index is 0.0933. The van der Waals surface area contributed by atoms with Crippen molar-refractivity contribution in [2.75, 3.05) is 0 Å². The second kappa shape index (κ2) is 5.39. The molecule has 29 heavy (non-hydrogen) atoms. The van der Waals surface area contributed by atoms with Crippen LogP contribution in [-0.4, -0.2) is 11.1 Å². The first-order valence-corrected chi connectivity index (χ1v) is 9.46. The number of carbonyl (C=O) groups excluding carboxylic acids is 1. The largest absolute Gasteiger partial charge is 0.508 e. The molecule has 2 heterocycles. The van der Waals surface area contributed by atoms with Crippen LogP contribution in [0.2, 0.25) is 0 Å². The van der Waals surface area contributed by atoms with Crippen molar-refractivity contribution in [3.63, 3.8) is 0 Å². The molecule has 1 N–H and O–H groups in total.